The molecule has 1 heterocycles. The summed E-state index contributed by atoms with van der Waals surface area (Å²) in [6.07, 6.45) is 1.73. The Morgan fingerprint density at radius 3 is 2.67 bits per heavy atom. The molecule has 5 heteroatoms. The third kappa shape index (κ3) is 5.47. The Hall–Kier alpha value is -2.01. The molecule has 0 saturated heterocycles. The van der Waals surface area contributed by atoms with Crippen molar-refractivity contribution in [1.82, 2.24) is 15.2 Å². The molecule has 1 aromatic carbocycles. The summed E-state index contributed by atoms with van der Waals surface area (Å²) in [5.74, 6) is 0.854. The quantitative estimate of drug-likeness (QED) is 0.659. The lowest BCUT2D eigenvalue weighted by Gasteiger charge is -2.17. The van der Waals surface area contributed by atoms with Crippen LogP contribution in [0.3, 0.4) is 0 Å². The maximum absolute atomic E-state index is 11.9. The Bertz CT molecular complexity index is 548. The monoisotopic (exact) mass is 301 g/mol. The number of pyridine rings is 1. The highest BCUT2D eigenvalue weighted by atomic mass is 32.2. The van der Waals surface area contributed by atoms with Crippen LogP contribution >= 0.6 is 11.8 Å². The Balaban J connectivity index is 1.67. The number of thioether (sulfide) groups is 1. The van der Waals surface area contributed by atoms with E-state index in [1.807, 2.05) is 36.4 Å². The van der Waals surface area contributed by atoms with Gasteiger partial charge in [0.2, 0.25) is 0 Å². The Labute approximate surface area is 129 Å². The Morgan fingerprint density at radius 2 is 1.95 bits per heavy atom. The number of rotatable bonds is 6. The summed E-state index contributed by atoms with van der Waals surface area (Å²) in [6, 6.07) is 15.8. The summed E-state index contributed by atoms with van der Waals surface area (Å²) in [6.45, 7) is 1.16. The zero-order valence-corrected chi connectivity index (χ0v) is 12.8. The maximum Gasteiger partial charge on any atom is 0.317 e. The van der Waals surface area contributed by atoms with Crippen molar-refractivity contribution in [3.8, 4) is 0 Å². The molecule has 0 bridgehead atoms. The van der Waals surface area contributed by atoms with E-state index in [2.05, 4.69) is 22.4 Å². The van der Waals surface area contributed by atoms with Gasteiger partial charge in [-0.2, -0.15) is 0 Å². The van der Waals surface area contributed by atoms with Crippen molar-refractivity contribution < 1.29 is 4.79 Å². The van der Waals surface area contributed by atoms with E-state index in [0.29, 0.717) is 13.1 Å². The van der Waals surface area contributed by atoms with E-state index < -0.39 is 0 Å². The standard InChI is InChI=1S/C16H19N3OS/c1-19(13-14-7-5-6-10-17-14)16(20)18-11-12-21-15-8-3-2-4-9-15/h2-10H,11-13H2,1H3,(H,18,20). The number of benzene rings is 1. The average Bonchev–Trinajstić information content (AvgIpc) is 2.53. The molecule has 0 spiro atoms. The van der Waals surface area contributed by atoms with Crippen LogP contribution in [0.2, 0.25) is 0 Å². The molecule has 1 N–H and O–H groups in total. The lowest BCUT2D eigenvalue weighted by Crippen LogP contribution is -2.38. The number of nitrogens with one attached hydrogen (secondary N) is 1. The SMILES string of the molecule is CN(Cc1ccccn1)C(=O)NCCSc1ccccc1. The van der Waals surface area contributed by atoms with E-state index >= 15 is 0 Å². The first-order chi connectivity index (χ1) is 10.3. The van der Waals surface area contributed by atoms with Crippen LogP contribution in [0.1, 0.15) is 5.69 Å². The van der Waals surface area contributed by atoms with Gasteiger partial charge in [0, 0.05) is 30.4 Å². The van der Waals surface area contributed by atoms with Crippen molar-refractivity contribution in [3.63, 3.8) is 0 Å². The molecule has 0 aliphatic heterocycles. The van der Waals surface area contributed by atoms with Crippen LogP contribution in [0.25, 0.3) is 0 Å². The molecule has 1 aromatic heterocycles. The van der Waals surface area contributed by atoms with Gasteiger partial charge in [-0.1, -0.05) is 24.3 Å². The van der Waals surface area contributed by atoms with Gasteiger partial charge < -0.3 is 10.2 Å². The fourth-order valence-electron chi connectivity index (χ4n) is 1.78. The maximum atomic E-state index is 11.9. The summed E-state index contributed by atoms with van der Waals surface area (Å²) < 4.78 is 0. The van der Waals surface area contributed by atoms with Crippen LogP contribution < -0.4 is 5.32 Å². The van der Waals surface area contributed by atoms with Gasteiger partial charge in [0.25, 0.3) is 0 Å². The van der Waals surface area contributed by atoms with E-state index in [1.165, 1.54) is 4.90 Å². The van der Waals surface area contributed by atoms with Gasteiger partial charge in [0.15, 0.2) is 0 Å². The fourth-order valence-corrected chi connectivity index (χ4v) is 2.57. The highest BCUT2D eigenvalue weighted by Gasteiger charge is 2.08. The Kier molecular flexibility index (Phi) is 6.09. The van der Waals surface area contributed by atoms with E-state index in [0.717, 1.165) is 11.4 Å². The predicted octanol–water partition coefficient (Wildman–Crippen LogP) is 3.02. The van der Waals surface area contributed by atoms with Crippen molar-refractivity contribution in [2.24, 2.45) is 0 Å². The summed E-state index contributed by atoms with van der Waals surface area (Å²) in [5, 5.41) is 2.91. The summed E-state index contributed by atoms with van der Waals surface area (Å²) in [7, 11) is 1.77. The largest absolute Gasteiger partial charge is 0.337 e. The Morgan fingerprint density at radius 1 is 1.19 bits per heavy atom. The van der Waals surface area contributed by atoms with E-state index in [1.54, 1.807) is 29.9 Å². The number of hydrogen-bond donors (Lipinski definition) is 1. The van der Waals surface area contributed by atoms with Gasteiger partial charge in [0.05, 0.1) is 12.2 Å². The predicted molar refractivity (Wildman–Crippen MR) is 86.3 cm³/mol. The van der Waals surface area contributed by atoms with Gasteiger partial charge in [-0.15, -0.1) is 11.8 Å². The third-order valence-corrected chi connectivity index (χ3v) is 3.88. The lowest BCUT2D eigenvalue weighted by atomic mass is 10.3. The second-order valence-corrected chi connectivity index (χ2v) is 5.74. The molecule has 21 heavy (non-hydrogen) atoms. The van der Waals surface area contributed by atoms with Gasteiger partial charge in [-0.05, 0) is 24.3 Å². The molecule has 0 radical (unpaired) electrons. The van der Waals surface area contributed by atoms with Gasteiger partial charge in [-0.25, -0.2) is 4.79 Å². The van der Waals surface area contributed by atoms with E-state index in [4.69, 9.17) is 0 Å². The minimum Gasteiger partial charge on any atom is -0.337 e. The molecule has 0 atom stereocenters. The number of hydrogen-bond acceptors (Lipinski definition) is 3. The van der Waals surface area contributed by atoms with E-state index in [9.17, 15) is 4.79 Å². The fraction of sp³-hybridized carbons (Fsp3) is 0.250. The minimum absolute atomic E-state index is 0.0747. The molecule has 0 aliphatic carbocycles. The first kappa shape index (κ1) is 15.4. The van der Waals surface area contributed by atoms with Gasteiger partial charge in [0.1, 0.15) is 0 Å². The second kappa shape index (κ2) is 8.32. The first-order valence-electron chi connectivity index (χ1n) is 6.82. The van der Waals surface area contributed by atoms with Crippen molar-refractivity contribution in [2.75, 3.05) is 19.3 Å². The van der Waals surface area contributed by atoms with Crippen molar-refractivity contribution >= 4 is 17.8 Å². The number of urea groups is 1. The second-order valence-electron chi connectivity index (χ2n) is 4.57. The molecular formula is C16H19N3OS. The molecule has 110 valence electrons. The van der Waals surface area contributed by atoms with Crippen molar-refractivity contribution in [2.45, 2.75) is 11.4 Å². The first-order valence-corrected chi connectivity index (χ1v) is 7.81. The molecule has 2 amide bonds. The van der Waals surface area contributed by atoms with Gasteiger partial charge >= 0.3 is 6.03 Å². The molecule has 0 unspecified atom stereocenters. The molecular weight excluding hydrogens is 282 g/mol. The molecule has 0 fully saturated rings. The van der Waals surface area contributed by atoms with Crippen LogP contribution in [-0.4, -0.2) is 35.3 Å². The van der Waals surface area contributed by atoms with Crippen molar-refractivity contribution in [1.29, 1.82) is 0 Å². The molecule has 0 aliphatic rings. The van der Waals surface area contributed by atoms with Crippen LogP contribution in [0.4, 0.5) is 4.79 Å². The van der Waals surface area contributed by atoms with Crippen LogP contribution in [0, 0.1) is 0 Å². The highest BCUT2D eigenvalue weighted by molar-refractivity contribution is 7.99. The van der Waals surface area contributed by atoms with Crippen LogP contribution in [-0.2, 0) is 6.54 Å². The summed E-state index contributed by atoms with van der Waals surface area (Å²) in [4.78, 5) is 19.0. The lowest BCUT2D eigenvalue weighted by molar-refractivity contribution is 0.207. The van der Waals surface area contributed by atoms with Crippen LogP contribution in [0.15, 0.2) is 59.6 Å². The number of nitrogens with zero attached hydrogens (tertiary/aromatic N) is 2. The third-order valence-electron chi connectivity index (χ3n) is 2.86. The molecule has 2 rings (SSSR count). The zero-order valence-electron chi connectivity index (χ0n) is 12.0. The number of carbonyl (C=O) groups is 1. The number of amides is 2. The summed E-state index contributed by atoms with van der Waals surface area (Å²) >= 11 is 1.73. The number of aromatic nitrogens is 1. The highest BCUT2D eigenvalue weighted by Crippen LogP contribution is 2.15. The summed E-state index contributed by atoms with van der Waals surface area (Å²) in [5.41, 5.74) is 0.883. The number of carbonyl (C=O) groups excluding carboxylic acids is 1. The molecule has 0 saturated carbocycles. The minimum atomic E-state index is -0.0747. The molecule has 2 aromatic rings. The van der Waals surface area contributed by atoms with Crippen molar-refractivity contribution in [3.05, 3.63) is 60.4 Å². The van der Waals surface area contributed by atoms with E-state index in [-0.39, 0.29) is 6.03 Å². The average molecular weight is 301 g/mol. The normalized spacial score (nSPS) is 10.1. The topological polar surface area (TPSA) is 45.2 Å². The smallest absolute Gasteiger partial charge is 0.317 e. The molecule has 4 nitrogen and oxygen atoms in total. The van der Waals surface area contributed by atoms with Gasteiger partial charge in [-0.3, -0.25) is 4.98 Å². The van der Waals surface area contributed by atoms with Crippen LogP contribution in [0.5, 0.6) is 0 Å². The zero-order chi connectivity index (χ0) is 14.9.